The minimum atomic E-state index is -0.910. The lowest BCUT2D eigenvalue weighted by Crippen LogP contribution is -2.27. The highest BCUT2D eigenvalue weighted by Crippen LogP contribution is 2.25. The Hall–Kier alpha value is -1.14. The molecule has 96 valence electrons. The molecule has 1 aromatic rings. The van der Waals surface area contributed by atoms with E-state index < -0.39 is 5.97 Å². The zero-order chi connectivity index (χ0) is 12.8. The molecule has 17 heavy (non-hydrogen) atoms. The summed E-state index contributed by atoms with van der Waals surface area (Å²) in [4.78, 5) is 17.6. The maximum atomic E-state index is 10.9. The van der Waals surface area contributed by atoms with Crippen molar-refractivity contribution in [2.75, 3.05) is 31.2 Å². The van der Waals surface area contributed by atoms with Gasteiger partial charge in [-0.05, 0) is 20.8 Å². The third-order valence-electron chi connectivity index (χ3n) is 2.34. The van der Waals surface area contributed by atoms with Crippen LogP contribution < -0.4 is 4.90 Å². The maximum Gasteiger partial charge on any atom is 0.347 e. The maximum absolute atomic E-state index is 10.9. The number of hydrogen-bond acceptors (Lipinski definition) is 5. The molecule has 0 aliphatic heterocycles. The molecule has 0 amide bonds. The molecule has 1 N–H and O–H groups in total. The average molecular weight is 258 g/mol. The fourth-order valence-corrected chi connectivity index (χ4v) is 2.42. The standard InChI is InChI=1S/C11H18N2O3S/c1-4-13(6-7-16-5-2)11-12-8(3)9(17-11)10(14)15/h4-7H2,1-3H3,(H,14,15). The molecule has 1 heterocycles. The molecule has 0 aromatic carbocycles. The van der Waals surface area contributed by atoms with Gasteiger partial charge in [-0.15, -0.1) is 0 Å². The van der Waals surface area contributed by atoms with E-state index in [9.17, 15) is 4.79 Å². The molecule has 0 fully saturated rings. The number of carbonyl (C=O) groups is 1. The molecular weight excluding hydrogens is 240 g/mol. The Bertz CT molecular complexity index is 379. The first-order valence-corrected chi connectivity index (χ1v) is 6.45. The highest BCUT2D eigenvalue weighted by Gasteiger charge is 2.17. The number of thiazole rings is 1. The summed E-state index contributed by atoms with van der Waals surface area (Å²) in [5, 5.41) is 9.73. The number of likely N-dealkylation sites (N-methyl/N-ethyl adjacent to an activating group) is 1. The highest BCUT2D eigenvalue weighted by molar-refractivity contribution is 7.17. The Morgan fingerprint density at radius 3 is 2.71 bits per heavy atom. The number of carboxylic acids is 1. The second kappa shape index (κ2) is 6.56. The van der Waals surface area contributed by atoms with Gasteiger partial charge >= 0.3 is 5.97 Å². The highest BCUT2D eigenvalue weighted by atomic mass is 32.1. The van der Waals surface area contributed by atoms with Crippen LogP contribution >= 0.6 is 11.3 Å². The second-order valence-corrected chi connectivity index (χ2v) is 4.47. The number of hydrogen-bond donors (Lipinski definition) is 1. The number of rotatable bonds is 7. The van der Waals surface area contributed by atoms with Crippen molar-refractivity contribution in [3.63, 3.8) is 0 Å². The van der Waals surface area contributed by atoms with E-state index in [1.54, 1.807) is 6.92 Å². The van der Waals surface area contributed by atoms with E-state index >= 15 is 0 Å². The first kappa shape index (κ1) is 13.9. The van der Waals surface area contributed by atoms with Crippen LogP contribution in [0.3, 0.4) is 0 Å². The third-order valence-corrected chi connectivity index (χ3v) is 3.55. The predicted octanol–water partition coefficient (Wildman–Crippen LogP) is 2.01. The Kier molecular flexibility index (Phi) is 5.37. The van der Waals surface area contributed by atoms with Crippen molar-refractivity contribution >= 4 is 22.4 Å². The summed E-state index contributed by atoms with van der Waals surface area (Å²) in [6.45, 7) is 8.53. The zero-order valence-electron chi connectivity index (χ0n) is 10.4. The van der Waals surface area contributed by atoms with Crippen molar-refractivity contribution in [3.05, 3.63) is 10.6 Å². The zero-order valence-corrected chi connectivity index (χ0v) is 11.2. The van der Waals surface area contributed by atoms with Gasteiger partial charge in [0.15, 0.2) is 5.13 Å². The van der Waals surface area contributed by atoms with Crippen molar-refractivity contribution in [2.24, 2.45) is 0 Å². The summed E-state index contributed by atoms with van der Waals surface area (Å²) in [6, 6.07) is 0. The number of ether oxygens (including phenoxy) is 1. The van der Waals surface area contributed by atoms with Gasteiger partial charge in [-0.1, -0.05) is 11.3 Å². The van der Waals surface area contributed by atoms with E-state index in [0.717, 1.165) is 18.2 Å². The van der Waals surface area contributed by atoms with Gasteiger partial charge in [-0.3, -0.25) is 0 Å². The molecule has 0 unspecified atom stereocenters. The van der Waals surface area contributed by atoms with Crippen molar-refractivity contribution in [3.8, 4) is 0 Å². The third kappa shape index (κ3) is 3.67. The number of nitrogens with zero attached hydrogens (tertiary/aromatic N) is 2. The lowest BCUT2D eigenvalue weighted by molar-refractivity contribution is 0.0701. The molecule has 1 rings (SSSR count). The van der Waals surface area contributed by atoms with Crippen LogP contribution in [-0.2, 0) is 4.74 Å². The van der Waals surface area contributed by atoms with Gasteiger partial charge in [-0.2, -0.15) is 0 Å². The summed E-state index contributed by atoms with van der Waals surface area (Å²) in [6.07, 6.45) is 0. The van der Waals surface area contributed by atoms with Crippen LogP contribution in [0, 0.1) is 6.92 Å². The Morgan fingerprint density at radius 2 is 2.24 bits per heavy atom. The monoisotopic (exact) mass is 258 g/mol. The second-order valence-electron chi connectivity index (χ2n) is 3.49. The van der Waals surface area contributed by atoms with Crippen molar-refractivity contribution < 1.29 is 14.6 Å². The number of aryl methyl sites for hydroxylation is 1. The van der Waals surface area contributed by atoms with Crippen LogP contribution in [0.15, 0.2) is 0 Å². The van der Waals surface area contributed by atoms with E-state index in [-0.39, 0.29) is 0 Å². The summed E-state index contributed by atoms with van der Waals surface area (Å²) < 4.78 is 5.29. The molecule has 0 radical (unpaired) electrons. The number of anilines is 1. The predicted molar refractivity (Wildman–Crippen MR) is 68.2 cm³/mol. The van der Waals surface area contributed by atoms with Crippen molar-refractivity contribution in [2.45, 2.75) is 20.8 Å². The SMILES string of the molecule is CCOCCN(CC)c1nc(C)c(C(=O)O)s1. The molecular formula is C11H18N2O3S. The van der Waals surface area contributed by atoms with Crippen LogP contribution in [-0.4, -0.2) is 42.4 Å². The molecule has 0 aliphatic rings. The molecule has 0 aliphatic carbocycles. The summed E-state index contributed by atoms with van der Waals surface area (Å²) in [5.74, 6) is -0.910. The fourth-order valence-electron chi connectivity index (χ4n) is 1.42. The van der Waals surface area contributed by atoms with E-state index in [1.165, 1.54) is 11.3 Å². The quantitative estimate of drug-likeness (QED) is 0.758. The van der Waals surface area contributed by atoms with Gasteiger partial charge < -0.3 is 14.7 Å². The van der Waals surface area contributed by atoms with Gasteiger partial charge in [0.2, 0.25) is 0 Å². The topological polar surface area (TPSA) is 62.7 Å². The van der Waals surface area contributed by atoms with E-state index in [4.69, 9.17) is 9.84 Å². The van der Waals surface area contributed by atoms with E-state index in [2.05, 4.69) is 4.98 Å². The first-order chi connectivity index (χ1) is 8.10. The van der Waals surface area contributed by atoms with Gasteiger partial charge in [0, 0.05) is 19.7 Å². The number of aromatic nitrogens is 1. The molecule has 0 bridgehead atoms. The minimum Gasteiger partial charge on any atom is -0.477 e. The van der Waals surface area contributed by atoms with E-state index in [0.29, 0.717) is 23.8 Å². The van der Waals surface area contributed by atoms with Crippen LogP contribution in [0.25, 0.3) is 0 Å². The minimum absolute atomic E-state index is 0.315. The van der Waals surface area contributed by atoms with Crippen LogP contribution in [0.1, 0.15) is 29.2 Å². The lowest BCUT2D eigenvalue weighted by atomic mass is 10.4. The van der Waals surface area contributed by atoms with Gasteiger partial charge in [0.25, 0.3) is 0 Å². The molecule has 6 heteroatoms. The number of carboxylic acid groups (broad SMARTS) is 1. The molecule has 1 aromatic heterocycles. The van der Waals surface area contributed by atoms with Gasteiger partial charge in [-0.25, -0.2) is 9.78 Å². The first-order valence-electron chi connectivity index (χ1n) is 5.63. The van der Waals surface area contributed by atoms with Crippen LogP contribution in [0.5, 0.6) is 0 Å². The van der Waals surface area contributed by atoms with Gasteiger partial charge in [0.1, 0.15) is 4.88 Å². The van der Waals surface area contributed by atoms with Crippen molar-refractivity contribution in [1.29, 1.82) is 0 Å². The molecule has 0 spiro atoms. The van der Waals surface area contributed by atoms with Crippen LogP contribution in [0.2, 0.25) is 0 Å². The normalized spacial score (nSPS) is 10.5. The summed E-state index contributed by atoms with van der Waals surface area (Å²) in [5.41, 5.74) is 0.576. The Balaban J connectivity index is 2.74. The Labute approximate surface area is 105 Å². The number of aromatic carboxylic acids is 1. The van der Waals surface area contributed by atoms with Crippen molar-refractivity contribution in [1.82, 2.24) is 4.98 Å². The Morgan fingerprint density at radius 1 is 1.53 bits per heavy atom. The molecule has 0 saturated heterocycles. The fraction of sp³-hybridized carbons (Fsp3) is 0.636. The molecule has 0 saturated carbocycles. The summed E-state index contributed by atoms with van der Waals surface area (Å²) in [7, 11) is 0. The summed E-state index contributed by atoms with van der Waals surface area (Å²) >= 11 is 1.22. The molecule has 0 atom stereocenters. The lowest BCUT2D eigenvalue weighted by Gasteiger charge is -2.19. The van der Waals surface area contributed by atoms with Gasteiger partial charge in [0.05, 0.1) is 12.3 Å². The van der Waals surface area contributed by atoms with Crippen LogP contribution in [0.4, 0.5) is 5.13 Å². The van der Waals surface area contributed by atoms with E-state index in [1.807, 2.05) is 18.7 Å². The largest absolute Gasteiger partial charge is 0.477 e. The molecule has 5 nitrogen and oxygen atoms in total. The average Bonchev–Trinajstić information content (AvgIpc) is 2.67. The smallest absolute Gasteiger partial charge is 0.347 e.